The number of imidazole rings is 1. The quantitative estimate of drug-likeness (QED) is 0.870. The molecule has 3 rings (SSSR count). The van der Waals surface area contributed by atoms with Gasteiger partial charge in [0.2, 0.25) is 5.91 Å². The van der Waals surface area contributed by atoms with Crippen molar-refractivity contribution in [3.63, 3.8) is 0 Å². The number of nitrogens with zero attached hydrogens (tertiary/aromatic N) is 2. The second-order valence-corrected chi connectivity index (χ2v) is 5.48. The Bertz CT molecular complexity index is 652. The fraction of sp³-hybridized carbons (Fsp3) is 0.467. The van der Waals surface area contributed by atoms with Crippen molar-refractivity contribution >= 4 is 11.6 Å². The van der Waals surface area contributed by atoms with Crippen molar-refractivity contribution in [1.29, 1.82) is 0 Å². The van der Waals surface area contributed by atoms with Crippen LogP contribution in [0.15, 0.2) is 24.5 Å². The third kappa shape index (κ3) is 3.06. The summed E-state index contributed by atoms with van der Waals surface area (Å²) in [6, 6.07) is 3.98. The highest BCUT2D eigenvalue weighted by molar-refractivity contribution is 5.80. The Labute approximate surface area is 123 Å². The lowest BCUT2D eigenvalue weighted by Gasteiger charge is -2.11. The number of hydrogen-bond donors (Lipinski definition) is 2. The maximum absolute atomic E-state index is 12.0. The molecule has 0 radical (unpaired) electrons. The summed E-state index contributed by atoms with van der Waals surface area (Å²) in [4.78, 5) is 16.5. The molecule has 1 fully saturated rings. The standard InChI is InChI=1S/C15H20N4O2/c1-10-2-5-14-18-11(9-19(14)8-10)7-17-15(20)13-4-3-12(6-16)21-13/h2,5,8-9,12-13H,3-4,6-7,16H2,1H3,(H,17,20)/t12-,13+/m1/s1. The number of nitrogens with one attached hydrogen (secondary N) is 1. The minimum atomic E-state index is -0.377. The zero-order valence-corrected chi connectivity index (χ0v) is 12.1. The molecule has 2 atom stereocenters. The summed E-state index contributed by atoms with van der Waals surface area (Å²) in [7, 11) is 0. The van der Waals surface area contributed by atoms with Gasteiger partial charge >= 0.3 is 0 Å². The van der Waals surface area contributed by atoms with Crippen LogP contribution in [0.5, 0.6) is 0 Å². The van der Waals surface area contributed by atoms with Crippen LogP contribution in [0.2, 0.25) is 0 Å². The molecule has 1 aliphatic rings. The second kappa shape index (κ2) is 5.83. The van der Waals surface area contributed by atoms with Crippen molar-refractivity contribution < 1.29 is 9.53 Å². The van der Waals surface area contributed by atoms with E-state index in [9.17, 15) is 4.79 Å². The molecule has 3 heterocycles. The highest BCUT2D eigenvalue weighted by Gasteiger charge is 2.29. The van der Waals surface area contributed by atoms with Gasteiger partial charge in [-0.2, -0.15) is 0 Å². The molecular weight excluding hydrogens is 268 g/mol. The average Bonchev–Trinajstić information content (AvgIpc) is 3.10. The number of carbonyl (C=O) groups excluding carboxylic acids is 1. The second-order valence-electron chi connectivity index (χ2n) is 5.48. The minimum Gasteiger partial charge on any atom is -0.364 e. The van der Waals surface area contributed by atoms with Gasteiger partial charge in [-0.15, -0.1) is 0 Å². The third-order valence-electron chi connectivity index (χ3n) is 3.76. The summed E-state index contributed by atoms with van der Waals surface area (Å²) in [5.41, 5.74) is 8.43. The van der Waals surface area contributed by atoms with E-state index in [0.29, 0.717) is 13.1 Å². The van der Waals surface area contributed by atoms with Gasteiger partial charge in [0.15, 0.2) is 0 Å². The first-order chi connectivity index (χ1) is 10.2. The summed E-state index contributed by atoms with van der Waals surface area (Å²) in [6.45, 7) is 2.91. The number of pyridine rings is 1. The van der Waals surface area contributed by atoms with Crippen LogP contribution in [-0.4, -0.2) is 34.0 Å². The number of nitrogens with two attached hydrogens (primary N) is 1. The molecule has 0 bridgehead atoms. The highest BCUT2D eigenvalue weighted by Crippen LogP contribution is 2.19. The van der Waals surface area contributed by atoms with E-state index in [0.717, 1.165) is 24.2 Å². The molecule has 3 N–H and O–H groups in total. The lowest BCUT2D eigenvalue weighted by Crippen LogP contribution is -2.35. The van der Waals surface area contributed by atoms with Crippen LogP contribution in [0.1, 0.15) is 24.1 Å². The summed E-state index contributed by atoms with van der Waals surface area (Å²) < 4.78 is 7.54. The number of aryl methyl sites for hydroxylation is 1. The van der Waals surface area contributed by atoms with Crippen LogP contribution >= 0.6 is 0 Å². The van der Waals surface area contributed by atoms with E-state index >= 15 is 0 Å². The Kier molecular flexibility index (Phi) is 3.90. The normalized spacial score (nSPS) is 21.8. The minimum absolute atomic E-state index is 0.0129. The smallest absolute Gasteiger partial charge is 0.249 e. The molecular formula is C15H20N4O2. The van der Waals surface area contributed by atoms with Gasteiger partial charge in [-0.1, -0.05) is 6.07 Å². The molecule has 0 saturated carbocycles. The van der Waals surface area contributed by atoms with Gasteiger partial charge in [-0.05, 0) is 31.4 Å². The van der Waals surface area contributed by atoms with E-state index in [4.69, 9.17) is 10.5 Å². The van der Waals surface area contributed by atoms with Gasteiger partial charge in [0.05, 0.1) is 18.3 Å². The van der Waals surface area contributed by atoms with Crippen molar-refractivity contribution in [2.45, 2.75) is 38.5 Å². The van der Waals surface area contributed by atoms with E-state index < -0.39 is 0 Å². The Morgan fingerprint density at radius 3 is 3.10 bits per heavy atom. The maximum atomic E-state index is 12.0. The molecule has 6 nitrogen and oxygen atoms in total. The number of fused-ring (bicyclic) bond motifs is 1. The maximum Gasteiger partial charge on any atom is 0.249 e. The van der Waals surface area contributed by atoms with Crippen molar-refractivity contribution in [3.8, 4) is 0 Å². The van der Waals surface area contributed by atoms with Crippen LogP contribution < -0.4 is 11.1 Å². The molecule has 0 spiro atoms. The van der Waals surface area contributed by atoms with Crippen LogP contribution in [0.25, 0.3) is 5.65 Å². The highest BCUT2D eigenvalue weighted by atomic mass is 16.5. The lowest BCUT2D eigenvalue weighted by atomic mass is 10.2. The molecule has 0 aliphatic carbocycles. The zero-order valence-electron chi connectivity index (χ0n) is 12.1. The van der Waals surface area contributed by atoms with Crippen molar-refractivity contribution in [2.24, 2.45) is 5.73 Å². The topological polar surface area (TPSA) is 81.7 Å². The van der Waals surface area contributed by atoms with Gasteiger partial charge in [-0.3, -0.25) is 4.79 Å². The largest absolute Gasteiger partial charge is 0.364 e. The van der Waals surface area contributed by atoms with Gasteiger partial charge in [0.25, 0.3) is 0 Å². The monoisotopic (exact) mass is 288 g/mol. The van der Waals surface area contributed by atoms with Crippen LogP contribution in [0, 0.1) is 6.92 Å². The first kappa shape index (κ1) is 14.0. The fourth-order valence-electron chi connectivity index (χ4n) is 2.60. The van der Waals surface area contributed by atoms with Gasteiger partial charge in [0.1, 0.15) is 11.8 Å². The van der Waals surface area contributed by atoms with E-state index in [2.05, 4.69) is 10.3 Å². The predicted octanol–water partition coefficient (Wildman–Crippen LogP) is 0.765. The number of carbonyl (C=O) groups is 1. The summed E-state index contributed by atoms with van der Waals surface area (Å²) in [6.07, 6.45) is 5.16. The summed E-state index contributed by atoms with van der Waals surface area (Å²) in [5, 5.41) is 2.88. The Morgan fingerprint density at radius 1 is 1.48 bits per heavy atom. The number of amides is 1. The van der Waals surface area contributed by atoms with Crippen LogP contribution in [0.3, 0.4) is 0 Å². The van der Waals surface area contributed by atoms with E-state index in [-0.39, 0.29) is 18.1 Å². The zero-order chi connectivity index (χ0) is 14.8. The SMILES string of the molecule is Cc1ccc2nc(CNC(=O)[C@@H]3CC[C@H](CN)O3)cn2c1. The number of ether oxygens (including phenoxy) is 1. The number of rotatable bonds is 4. The number of hydrogen-bond acceptors (Lipinski definition) is 4. The van der Waals surface area contributed by atoms with Crippen molar-refractivity contribution in [1.82, 2.24) is 14.7 Å². The first-order valence-corrected chi connectivity index (χ1v) is 7.23. The van der Waals surface area contributed by atoms with E-state index in [1.54, 1.807) is 0 Å². The van der Waals surface area contributed by atoms with Crippen molar-refractivity contribution in [3.05, 3.63) is 35.8 Å². The molecule has 0 unspecified atom stereocenters. The average molecular weight is 288 g/mol. The van der Waals surface area contributed by atoms with Gasteiger partial charge in [0, 0.05) is 18.9 Å². The Hall–Kier alpha value is -1.92. The predicted molar refractivity (Wildman–Crippen MR) is 78.7 cm³/mol. The third-order valence-corrected chi connectivity index (χ3v) is 3.76. The molecule has 0 aromatic carbocycles. The molecule has 1 aliphatic heterocycles. The van der Waals surface area contributed by atoms with Gasteiger partial charge < -0.3 is 20.2 Å². The molecule has 2 aromatic rings. The Balaban J connectivity index is 1.60. The molecule has 1 saturated heterocycles. The fourth-order valence-corrected chi connectivity index (χ4v) is 2.60. The lowest BCUT2D eigenvalue weighted by molar-refractivity contribution is -0.132. The molecule has 1 amide bonds. The molecule has 112 valence electrons. The first-order valence-electron chi connectivity index (χ1n) is 7.23. The summed E-state index contributed by atoms with van der Waals surface area (Å²) >= 11 is 0. The van der Waals surface area contributed by atoms with Crippen LogP contribution in [0.4, 0.5) is 0 Å². The molecule has 6 heteroatoms. The Morgan fingerprint density at radius 2 is 2.33 bits per heavy atom. The van der Waals surface area contributed by atoms with Crippen molar-refractivity contribution in [2.75, 3.05) is 6.54 Å². The van der Waals surface area contributed by atoms with E-state index in [1.807, 2.05) is 35.9 Å². The summed E-state index contributed by atoms with van der Waals surface area (Å²) in [5.74, 6) is -0.0841. The number of aromatic nitrogens is 2. The van der Waals surface area contributed by atoms with Gasteiger partial charge in [-0.25, -0.2) is 4.98 Å². The van der Waals surface area contributed by atoms with Crippen LogP contribution in [-0.2, 0) is 16.1 Å². The molecule has 21 heavy (non-hydrogen) atoms. The van der Waals surface area contributed by atoms with E-state index in [1.165, 1.54) is 5.56 Å². The molecule has 2 aromatic heterocycles.